The molecule has 70 valence electrons. The van der Waals surface area contributed by atoms with E-state index in [1.165, 1.54) is 0 Å². The largest absolute Gasteiger partial charge is 0.373 e. The number of hydrogen-bond donors (Lipinski definition) is 0. The Morgan fingerprint density at radius 3 is 2.92 bits per heavy atom. The van der Waals surface area contributed by atoms with Crippen molar-refractivity contribution < 1.29 is 14.2 Å². The lowest BCUT2D eigenvalue weighted by atomic mass is 10.0. The summed E-state index contributed by atoms with van der Waals surface area (Å²) in [7, 11) is 0. The van der Waals surface area contributed by atoms with Crippen LogP contribution in [-0.4, -0.2) is 31.7 Å². The minimum atomic E-state index is 0.0220. The lowest BCUT2D eigenvalue weighted by molar-refractivity contribution is -0.0911. The number of fused-ring (bicyclic) bond motifs is 1. The zero-order valence-corrected chi connectivity index (χ0v) is 7.66. The van der Waals surface area contributed by atoms with Gasteiger partial charge in [0.1, 0.15) is 0 Å². The Morgan fingerprint density at radius 2 is 2.17 bits per heavy atom. The van der Waals surface area contributed by atoms with Gasteiger partial charge in [-0.1, -0.05) is 0 Å². The van der Waals surface area contributed by atoms with Crippen LogP contribution >= 0.6 is 0 Å². The van der Waals surface area contributed by atoms with Crippen molar-refractivity contribution in [3.05, 3.63) is 0 Å². The molecule has 0 amide bonds. The molecule has 0 aromatic carbocycles. The van der Waals surface area contributed by atoms with Crippen molar-refractivity contribution in [1.82, 2.24) is 0 Å². The fourth-order valence-corrected chi connectivity index (χ4v) is 1.92. The summed E-state index contributed by atoms with van der Waals surface area (Å²) in [6.45, 7) is 5.65. The van der Waals surface area contributed by atoms with Gasteiger partial charge in [-0.15, -0.1) is 0 Å². The van der Waals surface area contributed by atoms with Gasteiger partial charge in [-0.25, -0.2) is 0 Å². The fraction of sp³-hybridized carbons (Fsp3) is 1.00. The maximum Gasteiger partial charge on any atom is 0.163 e. The molecule has 2 heterocycles. The number of hydrogen-bond acceptors (Lipinski definition) is 3. The van der Waals surface area contributed by atoms with Gasteiger partial charge >= 0.3 is 0 Å². The second-order valence-electron chi connectivity index (χ2n) is 3.75. The fourth-order valence-electron chi connectivity index (χ4n) is 1.92. The first-order chi connectivity index (χ1) is 5.77. The van der Waals surface area contributed by atoms with Crippen molar-refractivity contribution >= 4 is 0 Å². The first kappa shape index (κ1) is 8.48. The summed E-state index contributed by atoms with van der Waals surface area (Å²) in [5.74, 6) is 0.479. The van der Waals surface area contributed by atoms with Crippen LogP contribution in [-0.2, 0) is 14.2 Å². The smallest absolute Gasteiger partial charge is 0.163 e. The summed E-state index contributed by atoms with van der Waals surface area (Å²) in [6.07, 6.45) is 1.66. The Kier molecular flexibility index (Phi) is 2.35. The van der Waals surface area contributed by atoms with Gasteiger partial charge in [0.05, 0.1) is 25.4 Å². The van der Waals surface area contributed by atoms with Gasteiger partial charge in [-0.3, -0.25) is 0 Å². The van der Waals surface area contributed by atoms with Gasteiger partial charge in [-0.2, -0.15) is 0 Å². The summed E-state index contributed by atoms with van der Waals surface area (Å²) >= 11 is 0. The molecule has 2 aliphatic heterocycles. The van der Waals surface area contributed by atoms with E-state index in [9.17, 15) is 0 Å². The average molecular weight is 172 g/mol. The van der Waals surface area contributed by atoms with Crippen LogP contribution in [0, 0.1) is 5.92 Å². The summed E-state index contributed by atoms with van der Waals surface area (Å²) in [5, 5.41) is 0. The van der Waals surface area contributed by atoms with Crippen LogP contribution in [0.1, 0.15) is 20.3 Å². The lowest BCUT2D eigenvalue weighted by Crippen LogP contribution is -2.26. The maximum atomic E-state index is 5.72. The first-order valence-corrected chi connectivity index (χ1v) is 4.66. The third-order valence-corrected chi connectivity index (χ3v) is 2.43. The van der Waals surface area contributed by atoms with Gasteiger partial charge < -0.3 is 14.2 Å². The monoisotopic (exact) mass is 172 g/mol. The molecular formula is C9H16O3. The molecular weight excluding hydrogens is 156 g/mol. The number of ether oxygens (including phenoxy) is 3. The van der Waals surface area contributed by atoms with E-state index in [-0.39, 0.29) is 18.5 Å². The molecule has 3 atom stereocenters. The highest BCUT2D eigenvalue weighted by molar-refractivity contribution is 4.83. The van der Waals surface area contributed by atoms with Crippen molar-refractivity contribution in [3.63, 3.8) is 0 Å². The van der Waals surface area contributed by atoms with Gasteiger partial charge in [0.2, 0.25) is 0 Å². The van der Waals surface area contributed by atoms with Crippen molar-refractivity contribution in [2.24, 2.45) is 5.92 Å². The van der Waals surface area contributed by atoms with Crippen molar-refractivity contribution in [3.8, 4) is 0 Å². The van der Waals surface area contributed by atoms with E-state index >= 15 is 0 Å². The molecule has 3 nitrogen and oxygen atoms in total. The zero-order valence-electron chi connectivity index (χ0n) is 7.66. The van der Waals surface area contributed by atoms with Crippen LogP contribution in [0.3, 0.4) is 0 Å². The Hall–Kier alpha value is -0.120. The van der Waals surface area contributed by atoms with Crippen LogP contribution in [0.4, 0.5) is 0 Å². The van der Waals surface area contributed by atoms with Gasteiger partial charge in [-0.05, 0) is 20.3 Å². The van der Waals surface area contributed by atoms with E-state index < -0.39 is 0 Å². The summed E-state index contributed by atoms with van der Waals surface area (Å²) < 4.78 is 16.5. The summed E-state index contributed by atoms with van der Waals surface area (Å²) in [4.78, 5) is 0. The van der Waals surface area contributed by atoms with Gasteiger partial charge in [0, 0.05) is 5.92 Å². The Morgan fingerprint density at radius 1 is 1.33 bits per heavy atom. The Labute approximate surface area is 73.0 Å². The quantitative estimate of drug-likeness (QED) is 0.626. The van der Waals surface area contributed by atoms with E-state index in [0.29, 0.717) is 12.5 Å². The zero-order chi connectivity index (χ0) is 8.55. The molecule has 0 spiro atoms. The minimum absolute atomic E-state index is 0.0220. The normalized spacial score (nSPS) is 40.8. The van der Waals surface area contributed by atoms with Crippen molar-refractivity contribution in [2.45, 2.75) is 38.8 Å². The topological polar surface area (TPSA) is 27.7 Å². The summed E-state index contributed by atoms with van der Waals surface area (Å²) in [5.41, 5.74) is 0. The predicted octanol–water partition coefficient (Wildman–Crippen LogP) is 1.17. The molecule has 0 radical (unpaired) electrons. The van der Waals surface area contributed by atoms with Crippen LogP contribution < -0.4 is 0 Å². The molecule has 2 saturated heterocycles. The highest BCUT2D eigenvalue weighted by atomic mass is 16.7. The molecule has 0 bridgehead atoms. The Balaban J connectivity index is 1.91. The molecule has 0 aliphatic carbocycles. The third-order valence-electron chi connectivity index (χ3n) is 2.43. The van der Waals surface area contributed by atoms with E-state index in [1.54, 1.807) is 0 Å². The molecule has 2 rings (SSSR count). The molecule has 0 unspecified atom stereocenters. The second kappa shape index (κ2) is 3.32. The highest BCUT2D eigenvalue weighted by Gasteiger charge is 2.42. The standard InChI is InChI=1S/C9H16O3/c1-6(2)12-8-5-11-9-7(8)3-4-10-9/h6-9H,3-5H2,1-2H3/t7-,8-,9+/m1/s1. The van der Waals surface area contributed by atoms with Crippen LogP contribution in [0.25, 0.3) is 0 Å². The second-order valence-corrected chi connectivity index (χ2v) is 3.75. The molecule has 0 aromatic heterocycles. The van der Waals surface area contributed by atoms with Crippen LogP contribution in [0.5, 0.6) is 0 Å². The molecule has 0 saturated carbocycles. The SMILES string of the molecule is CC(C)O[C@@H]1CO[C@@H]2OCC[C@@H]21. The third kappa shape index (κ3) is 1.49. The molecule has 0 N–H and O–H groups in total. The predicted molar refractivity (Wildman–Crippen MR) is 43.8 cm³/mol. The molecule has 3 heteroatoms. The maximum absolute atomic E-state index is 5.72. The van der Waals surface area contributed by atoms with E-state index in [2.05, 4.69) is 13.8 Å². The number of rotatable bonds is 2. The van der Waals surface area contributed by atoms with Crippen LogP contribution in [0.15, 0.2) is 0 Å². The van der Waals surface area contributed by atoms with E-state index in [1.807, 2.05) is 0 Å². The minimum Gasteiger partial charge on any atom is -0.373 e. The molecule has 0 aromatic rings. The molecule has 2 fully saturated rings. The highest BCUT2D eigenvalue weighted by Crippen LogP contribution is 2.33. The van der Waals surface area contributed by atoms with E-state index in [4.69, 9.17) is 14.2 Å². The van der Waals surface area contributed by atoms with Gasteiger partial charge in [0.25, 0.3) is 0 Å². The van der Waals surface area contributed by atoms with Gasteiger partial charge in [0.15, 0.2) is 6.29 Å². The summed E-state index contributed by atoms with van der Waals surface area (Å²) in [6, 6.07) is 0. The van der Waals surface area contributed by atoms with Crippen molar-refractivity contribution in [1.29, 1.82) is 0 Å². The first-order valence-electron chi connectivity index (χ1n) is 4.66. The molecule has 2 aliphatic rings. The lowest BCUT2D eigenvalue weighted by Gasteiger charge is -2.18. The van der Waals surface area contributed by atoms with Crippen molar-refractivity contribution in [2.75, 3.05) is 13.2 Å². The average Bonchev–Trinajstić information content (AvgIpc) is 2.52. The Bertz CT molecular complexity index is 158. The molecule has 12 heavy (non-hydrogen) atoms. The van der Waals surface area contributed by atoms with Crippen LogP contribution in [0.2, 0.25) is 0 Å². The van der Waals surface area contributed by atoms with E-state index in [0.717, 1.165) is 13.0 Å².